The van der Waals surface area contributed by atoms with Gasteiger partial charge in [-0.3, -0.25) is 9.59 Å². The van der Waals surface area contributed by atoms with Crippen molar-refractivity contribution in [2.45, 2.75) is 32.6 Å². The maximum atomic E-state index is 13.6. The first kappa shape index (κ1) is 21.4. The van der Waals surface area contributed by atoms with Gasteiger partial charge in [0.2, 0.25) is 0 Å². The van der Waals surface area contributed by atoms with E-state index < -0.39 is 11.8 Å². The maximum absolute atomic E-state index is 13.6. The number of carbonyl (C=O) groups is 2. The highest BCUT2D eigenvalue weighted by molar-refractivity contribution is 5.81. The lowest BCUT2D eigenvalue weighted by Crippen LogP contribution is -2.30. The Balaban J connectivity index is 1.68. The van der Waals surface area contributed by atoms with Gasteiger partial charge in [-0.15, -0.1) is 0 Å². The maximum Gasteiger partial charge on any atom is 0.310 e. The minimum absolute atomic E-state index is 0.107. The molecule has 0 aliphatic heterocycles. The van der Waals surface area contributed by atoms with E-state index in [0.29, 0.717) is 24.4 Å². The summed E-state index contributed by atoms with van der Waals surface area (Å²) in [6.45, 7) is 4.38. The monoisotopic (exact) mass is 387 g/mol. The van der Waals surface area contributed by atoms with Crippen molar-refractivity contribution in [1.29, 1.82) is 0 Å². The number of rotatable bonds is 9. The van der Waals surface area contributed by atoms with Crippen molar-refractivity contribution in [1.82, 2.24) is 5.32 Å². The molecule has 6 heteroatoms. The molecule has 0 heterocycles. The molecule has 5 nitrogen and oxygen atoms in total. The summed E-state index contributed by atoms with van der Waals surface area (Å²) in [7, 11) is 1.37. The van der Waals surface area contributed by atoms with Gasteiger partial charge in [-0.05, 0) is 41.2 Å². The van der Waals surface area contributed by atoms with E-state index in [9.17, 15) is 14.0 Å². The molecule has 0 unspecified atom stereocenters. The zero-order valence-corrected chi connectivity index (χ0v) is 16.5. The number of amides is 1. The van der Waals surface area contributed by atoms with E-state index in [-0.39, 0.29) is 24.7 Å². The van der Waals surface area contributed by atoms with Gasteiger partial charge >= 0.3 is 5.97 Å². The molecule has 0 aliphatic carbocycles. The van der Waals surface area contributed by atoms with E-state index in [1.807, 2.05) is 0 Å². The van der Waals surface area contributed by atoms with E-state index in [2.05, 4.69) is 43.4 Å². The van der Waals surface area contributed by atoms with Gasteiger partial charge in [0.05, 0.1) is 13.5 Å². The predicted octanol–water partition coefficient (Wildman–Crippen LogP) is 3.40. The minimum Gasteiger partial charge on any atom is -0.494 e. The first-order valence-corrected chi connectivity index (χ1v) is 9.22. The van der Waals surface area contributed by atoms with E-state index >= 15 is 0 Å². The van der Waals surface area contributed by atoms with Crippen LogP contribution in [-0.4, -0.2) is 32.1 Å². The van der Waals surface area contributed by atoms with Crippen molar-refractivity contribution < 1.29 is 23.5 Å². The number of benzene rings is 2. The Morgan fingerprint density at radius 1 is 1.07 bits per heavy atom. The van der Waals surface area contributed by atoms with Crippen LogP contribution in [0.5, 0.6) is 5.75 Å². The third-order valence-electron chi connectivity index (χ3n) is 4.31. The second-order valence-electron chi connectivity index (χ2n) is 6.80. The van der Waals surface area contributed by atoms with Crippen LogP contribution in [0.15, 0.2) is 42.5 Å². The number of nitrogens with one attached hydrogen (secondary N) is 1. The van der Waals surface area contributed by atoms with Crippen LogP contribution in [0.1, 0.15) is 36.5 Å². The van der Waals surface area contributed by atoms with Gasteiger partial charge in [0, 0.05) is 6.54 Å². The average Bonchev–Trinajstić information content (AvgIpc) is 2.67. The van der Waals surface area contributed by atoms with Crippen molar-refractivity contribution >= 4 is 11.9 Å². The molecule has 0 radical (unpaired) electrons. The standard InChI is InChI=1S/C22H26FNO4/c1-15(2)18-7-4-16(5-8-18)10-11-24-21(25)14-28-22(26)13-17-6-9-20(27-3)19(23)12-17/h4-9,12,15H,10-11,13-14H2,1-3H3,(H,24,25). The van der Waals surface area contributed by atoms with Crippen LogP contribution < -0.4 is 10.1 Å². The normalized spacial score (nSPS) is 10.6. The zero-order chi connectivity index (χ0) is 20.5. The summed E-state index contributed by atoms with van der Waals surface area (Å²) >= 11 is 0. The van der Waals surface area contributed by atoms with Gasteiger partial charge in [0.1, 0.15) is 0 Å². The first-order chi connectivity index (χ1) is 13.4. The van der Waals surface area contributed by atoms with E-state index in [1.165, 1.54) is 24.8 Å². The fraction of sp³-hybridized carbons (Fsp3) is 0.364. The molecule has 28 heavy (non-hydrogen) atoms. The molecule has 0 spiro atoms. The highest BCUT2D eigenvalue weighted by atomic mass is 19.1. The van der Waals surface area contributed by atoms with Gasteiger partial charge in [-0.2, -0.15) is 0 Å². The van der Waals surface area contributed by atoms with E-state index in [1.54, 1.807) is 6.07 Å². The Morgan fingerprint density at radius 3 is 2.36 bits per heavy atom. The molecule has 1 amide bonds. The summed E-state index contributed by atoms with van der Waals surface area (Å²) in [5, 5.41) is 2.72. The fourth-order valence-electron chi connectivity index (χ4n) is 2.65. The second-order valence-corrected chi connectivity index (χ2v) is 6.80. The topological polar surface area (TPSA) is 64.6 Å². The van der Waals surface area contributed by atoms with Crippen LogP contribution in [0.25, 0.3) is 0 Å². The molecule has 0 fully saturated rings. The van der Waals surface area contributed by atoms with Gasteiger partial charge in [0.25, 0.3) is 5.91 Å². The van der Waals surface area contributed by atoms with Gasteiger partial charge in [0.15, 0.2) is 18.2 Å². The molecule has 0 aliphatic rings. The number of carbonyl (C=O) groups excluding carboxylic acids is 2. The SMILES string of the molecule is COc1ccc(CC(=O)OCC(=O)NCCc2ccc(C(C)C)cc2)cc1F. The van der Waals surface area contributed by atoms with Crippen LogP contribution in [-0.2, 0) is 27.2 Å². The lowest BCUT2D eigenvalue weighted by Gasteiger charge is -2.09. The third kappa shape index (κ3) is 6.68. The number of halogens is 1. The van der Waals surface area contributed by atoms with Crippen LogP contribution in [0.2, 0.25) is 0 Å². The molecule has 0 saturated carbocycles. The van der Waals surface area contributed by atoms with Crippen LogP contribution >= 0.6 is 0 Å². The summed E-state index contributed by atoms with van der Waals surface area (Å²) in [5.74, 6) is -0.919. The van der Waals surface area contributed by atoms with Gasteiger partial charge < -0.3 is 14.8 Å². The molecule has 0 saturated heterocycles. The lowest BCUT2D eigenvalue weighted by atomic mass is 10.0. The summed E-state index contributed by atoms with van der Waals surface area (Å²) in [6, 6.07) is 12.5. The van der Waals surface area contributed by atoms with Crippen molar-refractivity contribution in [3.63, 3.8) is 0 Å². The van der Waals surface area contributed by atoms with Crippen molar-refractivity contribution in [2.75, 3.05) is 20.3 Å². The number of hydrogen-bond donors (Lipinski definition) is 1. The highest BCUT2D eigenvalue weighted by Crippen LogP contribution is 2.18. The Bertz CT molecular complexity index is 803. The molecule has 150 valence electrons. The van der Waals surface area contributed by atoms with Crippen molar-refractivity contribution in [3.05, 3.63) is 65.0 Å². The molecular formula is C22H26FNO4. The molecule has 1 N–H and O–H groups in total. The molecule has 0 atom stereocenters. The van der Waals surface area contributed by atoms with Gasteiger partial charge in [-0.25, -0.2) is 4.39 Å². The quantitative estimate of drug-likeness (QED) is 0.670. The van der Waals surface area contributed by atoms with Crippen LogP contribution in [0.3, 0.4) is 0 Å². The lowest BCUT2D eigenvalue weighted by molar-refractivity contribution is -0.147. The van der Waals surface area contributed by atoms with Crippen LogP contribution in [0.4, 0.5) is 4.39 Å². The van der Waals surface area contributed by atoms with E-state index in [0.717, 1.165) is 5.56 Å². The molecular weight excluding hydrogens is 361 g/mol. The average molecular weight is 387 g/mol. The molecule has 2 aromatic carbocycles. The summed E-state index contributed by atoms with van der Waals surface area (Å²) in [5.41, 5.74) is 2.85. The molecule has 2 rings (SSSR count). The summed E-state index contributed by atoms with van der Waals surface area (Å²) in [4.78, 5) is 23.6. The molecule has 2 aromatic rings. The largest absolute Gasteiger partial charge is 0.494 e. The highest BCUT2D eigenvalue weighted by Gasteiger charge is 2.11. The number of hydrogen-bond acceptors (Lipinski definition) is 4. The predicted molar refractivity (Wildman–Crippen MR) is 105 cm³/mol. The Hall–Kier alpha value is -2.89. The first-order valence-electron chi connectivity index (χ1n) is 9.22. The van der Waals surface area contributed by atoms with Crippen molar-refractivity contribution in [2.24, 2.45) is 0 Å². The van der Waals surface area contributed by atoms with Crippen molar-refractivity contribution in [3.8, 4) is 5.75 Å². The molecule has 0 bridgehead atoms. The molecule has 0 aromatic heterocycles. The number of methoxy groups -OCH3 is 1. The summed E-state index contributed by atoms with van der Waals surface area (Å²) < 4.78 is 23.4. The van der Waals surface area contributed by atoms with Gasteiger partial charge in [-0.1, -0.05) is 44.2 Å². The Labute approximate surface area is 164 Å². The second kappa shape index (κ2) is 10.4. The Morgan fingerprint density at radius 2 is 1.75 bits per heavy atom. The minimum atomic E-state index is -0.594. The smallest absolute Gasteiger partial charge is 0.310 e. The van der Waals surface area contributed by atoms with E-state index in [4.69, 9.17) is 9.47 Å². The summed E-state index contributed by atoms with van der Waals surface area (Å²) in [6.07, 6.45) is 0.583. The Kier molecular flexibility index (Phi) is 7.99. The zero-order valence-electron chi connectivity index (χ0n) is 16.5. The fourth-order valence-corrected chi connectivity index (χ4v) is 2.65. The number of ether oxygens (including phenoxy) is 2. The van der Waals surface area contributed by atoms with Crippen LogP contribution in [0, 0.1) is 5.82 Å². The number of esters is 1. The third-order valence-corrected chi connectivity index (χ3v) is 4.31.